The summed E-state index contributed by atoms with van der Waals surface area (Å²) in [5.41, 5.74) is 0.153. The molecule has 1 amide bonds. The molecule has 2 aromatic heterocycles. The summed E-state index contributed by atoms with van der Waals surface area (Å²) < 4.78 is 8.69. The van der Waals surface area contributed by atoms with Crippen molar-refractivity contribution in [2.45, 2.75) is 17.8 Å². The number of nitrogens with zero attached hydrogens (tertiary/aromatic N) is 3. The standard InChI is InChI=1S/C22H20N4O4S2/c1-3-30-16-11-9-14(10-12-16)23-17(27)13-25-19-18(32-21(24-19)31-2)20(28)26(22(25)29)15-7-5-4-6-8-15/h4-12H,3,13H2,1-2H3,(H,23,27). The maximum atomic E-state index is 13.3. The number of benzene rings is 2. The van der Waals surface area contributed by atoms with Crippen LogP contribution in [0.5, 0.6) is 5.75 Å². The number of rotatable bonds is 7. The summed E-state index contributed by atoms with van der Waals surface area (Å²) in [5.74, 6) is 0.292. The van der Waals surface area contributed by atoms with Crippen molar-refractivity contribution < 1.29 is 9.53 Å². The number of ether oxygens (including phenoxy) is 1. The molecule has 10 heteroatoms. The first kappa shape index (κ1) is 21.8. The van der Waals surface area contributed by atoms with Gasteiger partial charge in [0.25, 0.3) is 5.56 Å². The molecule has 0 spiro atoms. The van der Waals surface area contributed by atoms with Gasteiger partial charge in [0, 0.05) is 5.69 Å². The zero-order valence-electron chi connectivity index (χ0n) is 17.4. The van der Waals surface area contributed by atoms with E-state index >= 15 is 0 Å². The van der Waals surface area contributed by atoms with Gasteiger partial charge in [0.1, 0.15) is 17.0 Å². The van der Waals surface area contributed by atoms with Crippen LogP contribution in [0.2, 0.25) is 0 Å². The van der Waals surface area contributed by atoms with E-state index in [0.717, 1.165) is 4.57 Å². The molecule has 0 atom stereocenters. The molecule has 0 bridgehead atoms. The largest absolute Gasteiger partial charge is 0.494 e. The number of hydrogen-bond acceptors (Lipinski definition) is 7. The Labute approximate surface area is 191 Å². The van der Waals surface area contributed by atoms with Gasteiger partial charge in [0.05, 0.1) is 12.3 Å². The van der Waals surface area contributed by atoms with Gasteiger partial charge in [0.2, 0.25) is 5.91 Å². The number of thiazole rings is 1. The minimum absolute atomic E-state index is 0.211. The van der Waals surface area contributed by atoms with Gasteiger partial charge in [-0.1, -0.05) is 30.0 Å². The molecule has 4 aromatic rings. The van der Waals surface area contributed by atoms with Crippen LogP contribution in [-0.2, 0) is 11.3 Å². The van der Waals surface area contributed by atoms with Crippen molar-refractivity contribution >= 4 is 45.0 Å². The van der Waals surface area contributed by atoms with E-state index in [4.69, 9.17) is 4.74 Å². The minimum atomic E-state index is -0.617. The van der Waals surface area contributed by atoms with Crippen molar-refractivity contribution in [1.29, 1.82) is 0 Å². The number of carbonyl (C=O) groups excluding carboxylic acids is 1. The number of aromatic nitrogens is 3. The SMILES string of the molecule is CCOc1ccc(NC(=O)Cn2c(=O)n(-c3ccccc3)c(=O)c3sc(SC)nc32)cc1. The lowest BCUT2D eigenvalue weighted by atomic mass is 10.3. The van der Waals surface area contributed by atoms with Crippen molar-refractivity contribution in [1.82, 2.24) is 14.1 Å². The zero-order valence-corrected chi connectivity index (χ0v) is 19.0. The number of amides is 1. The summed E-state index contributed by atoms with van der Waals surface area (Å²) in [7, 11) is 0. The van der Waals surface area contributed by atoms with Gasteiger partial charge < -0.3 is 10.1 Å². The second kappa shape index (κ2) is 9.41. The van der Waals surface area contributed by atoms with Gasteiger partial charge in [-0.05, 0) is 49.6 Å². The smallest absolute Gasteiger partial charge is 0.337 e. The summed E-state index contributed by atoms with van der Waals surface area (Å²) in [6.07, 6.45) is 1.84. The molecule has 32 heavy (non-hydrogen) atoms. The molecule has 0 saturated carbocycles. The van der Waals surface area contributed by atoms with Crippen LogP contribution in [0.15, 0.2) is 68.5 Å². The van der Waals surface area contributed by atoms with Crippen molar-refractivity contribution in [3.05, 3.63) is 75.4 Å². The molecular formula is C22H20N4O4S2. The Balaban J connectivity index is 1.74. The molecule has 0 radical (unpaired) electrons. The van der Waals surface area contributed by atoms with Gasteiger partial charge in [0.15, 0.2) is 9.99 Å². The third-order valence-corrected chi connectivity index (χ3v) is 6.62. The molecule has 0 fully saturated rings. The molecule has 2 heterocycles. The molecule has 0 aliphatic rings. The second-order valence-corrected chi connectivity index (χ2v) is 8.74. The summed E-state index contributed by atoms with van der Waals surface area (Å²) in [4.78, 5) is 43.6. The Morgan fingerprint density at radius 2 is 1.84 bits per heavy atom. The molecule has 0 unspecified atom stereocenters. The number of para-hydroxylation sites is 1. The summed E-state index contributed by atoms with van der Waals surface area (Å²) in [5, 5.41) is 2.78. The highest BCUT2D eigenvalue weighted by Crippen LogP contribution is 2.25. The van der Waals surface area contributed by atoms with Gasteiger partial charge in [-0.2, -0.15) is 0 Å². The summed E-state index contributed by atoms with van der Waals surface area (Å²) in [6.45, 7) is 2.16. The van der Waals surface area contributed by atoms with E-state index in [0.29, 0.717) is 32.8 Å². The molecule has 8 nitrogen and oxygen atoms in total. The maximum absolute atomic E-state index is 13.3. The number of hydrogen-bond donors (Lipinski definition) is 1. The average molecular weight is 469 g/mol. The van der Waals surface area contributed by atoms with Crippen molar-refractivity contribution in [2.24, 2.45) is 0 Å². The molecule has 164 valence electrons. The van der Waals surface area contributed by atoms with E-state index in [9.17, 15) is 14.4 Å². The molecule has 0 saturated heterocycles. The van der Waals surface area contributed by atoms with Crippen LogP contribution in [0, 0.1) is 0 Å². The molecule has 1 N–H and O–H groups in total. The lowest BCUT2D eigenvalue weighted by Crippen LogP contribution is -2.40. The minimum Gasteiger partial charge on any atom is -0.494 e. The molecule has 0 aliphatic carbocycles. The number of carbonyl (C=O) groups is 1. The third-order valence-electron chi connectivity index (χ3n) is 4.60. The van der Waals surface area contributed by atoms with E-state index in [2.05, 4.69) is 10.3 Å². The maximum Gasteiger partial charge on any atom is 0.337 e. The molecule has 0 aliphatic heterocycles. The monoisotopic (exact) mass is 468 g/mol. The average Bonchev–Trinajstić information content (AvgIpc) is 3.24. The van der Waals surface area contributed by atoms with Crippen molar-refractivity contribution in [3.63, 3.8) is 0 Å². The van der Waals surface area contributed by atoms with Gasteiger partial charge >= 0.3 is 5.69 Å². The van der Waals surface area contributed by atoms with Crippen LogP contribution in [0.25, 0.3) is 16.0 Å². The van der Waals surface area contributed by atoms with E-state index in [1.54, 1.807) is 54.6 Å². The Morgan fingerprint density at radius 1 is 1.12 bits per heavy atom. The molecular weight excluding hydrogens is 448 g/mol. The number of nitrogens with one attached hydrogen (secondary N) is 1. The van der Waals surface area contributed by atoms with Crippen LogP contribution in [0.1, 0.15) is 6.92 Å². The summed E-state index contributed by atoms with van der Waals surface area (Å²) in [6, 6.07) is 15.6. The number of fused-ring (bicyclic) bond motifs is 1. The van der Waals surface area contributed by atoms with E-state index in [-0.39, 0.29) is 12.2 Å². The van der Waals surface area contributed by atoms with Gasteiger partial charge in [-0.25, -0.2) is 14.3 Å². The lowest BCUT2D eigenvalue weighted by Gasteiger charge is -2.12. The first-order valence-corrected chi connectivity index (χ1v) is 11.8. The van der Waals surface area contributed by atoms with Crippen LogP contribution >= 0.6 is 23.1 Å². The first-order chi connectivity index (χ1) is 15.5. The van der Waals surface area contributed by atoms with Gasteiger partial charge in [-0.3, -0.25) is 14.2 Å². The van der Waals surface area contributed by atoms with Crippen LogP contribution in [0.3, 0.4) is 0 Å². The van der Waals surface area contributed by atoms with Crippen LogP contribution in [0.4, 0.5) is 5.69 Å². The van der Waals surface area contributed by atoms with Crippen molar-refractivity contribution in [2.75, 3.05) is 18.2 Å². The van der Waals surface area contributed by atoms with Gasteiger partial charge in [-0.15, -0.1) is 11.3 Å². The van der Waals surface area contributed by atoms with Crippen LogP contribution < -0.4 is 21.3 Å². The Bertz CT molecular complexity index is 1380. The molecule has 4 rings (SSSR count). The Hall–Kier alpha value is -3.37. The van der Waals surface area contributed by atoms with E-state index < -0.39 is 17.2 Å². The fraction of sp³-hybridized carbons (Fsp3) is 0.182. The Kier molecular flexibility index (Phi) is 6.42. The summed E-state index contributed by atoms with van der Waals surface area (Å²) >= 11 is 2.58. The Morgan fingerprint density at radius 3 is 2.50 bits per heavy atom. The fourth-order valence-corrected chi connectivity index (χ4v) is 4.69. The number of anilines is 1. The third kappa shape index (κ3) is 4.32. The second-order valence-electron chi connectivity index (χ2n) is 6.69. The van der Waals surface area contributed by atoms with E-state index in [1.165, 1.54) is 27.7 Å². The normalized spacial score (nSPS) is 10.9. The lowest BCUT2D eigenvalue weighted by molar-refractivity contribution is -0.116. The predicted molar refractivity (Wildman–Crippen MR) is 127 cm³/mol. The highest BCUT2D eigenvalue weighted by atomic mass is 32.2. The van der Waals surface area contributed by atoms with E-state index in [1.807, 2.05) is 13.2 Å². The van der Waals surface area contributed by atoms with Crippen molar-refractivity contribution in [3.8, 4) is 11.4 Å². The zero-order chi connectivity index (χ0) is 22.7. The highest BCUT2D eigenvalue weighted by Gasteiger charge is 2.20. The quantitative estimate of drug-likeness (QED) is 0.418. The fourth-order valence-electron chi connectivity index (χ4n) is 3.19. The highest BCUT2D eigenvalue weighted by molar-refractivity contribution is 8.00. The molecule has 2 aromatic carbocycles. The number of thioether (sulfide) groups is 1. The first-order valence-electron chi connectivity index (χ1n) is 9.80. The topological polar surface area (TPSA) is 95.2 Å². The van der Waals surface area contributed by atoms with Crippen LogP contribution in [-0.4, -0.2) is 32.9 Å². The predicted octanol–water partition coefficient (Wildman–Crippen LogP) is 3.37.